The van der Waals surface area contributed by atoms with Crippen molar-refractivity contribution in [1.29, 1.82) is 0 Å². The van der Waals surface area contributed by atoms with Gasteiger partial charge in [-0.3, -0.25) is 14.3 Å². The summed E-state index contributed by atoms with van der Waals surface area (Å²) in [6.07, 6.45) is 3.28. The minimum Gasteiger partial charge on any atom is -0.379 e. The maximum absolute atomic E-state index is 13.6. The summed E-state index contributed by atoms with van der Waals surface area (Å²) in [4.78, 5) is 27.4. The van der Waals surface area contributed by atoms with Crippen molar-refractivity contribution in [2.45, 2.75) is 32.4 Å². The Balaban J connectivity index is 1.58. The molecule has 9 heteroatoms. The number of nitrogens with two attached hydrogens (primary N) is 1. The monoisotopic (exact) mass is 490 g/mol. The van der Waals surface area contributed by atoms with Crippen molar-refractivity contribution in [2.24, 2.45) is 5.73 Å². The molecule has 3 aromatic heterocycles. The third kappa shape index (κ3) is 4.91. The Kier molecular flexibility index (Phi) is 6.77. The second-order valence-electron chi connectivity index (χ2n) is 8.69. The molecular weight excluding hydrogens is 464 g/mol. The number of ether oxygens (including phenoxy) is 1. The minimum atomic E-state index is -0.164. The minimum absolute atomic E-state index is 0.163. The van der Waals surface area contributed by atoms with Crippen molar-refractivity contribution in [3.8, 4) is 22.4 Å². The molecule has 1 aromatic carbocycles. The van der Waals surface area contributed by atoms with E-state index in [-0.39, 0.29) is 11.6 Å². The summed E-state index contributed by atoms with van der Waals surface area (Å²) in [6.45, 7) is 4.20. The van der Waals surface area contributed by atoms with Crippen LogP contribution in [0.5, 0.6) is 0 Å². The topological polar surface area (TPSA) is 108 Å². The molecule has 1 fully saturated rings. The summed E-state index contributed by atoms with van der Waals surface area (Å²) in [7, 11) is 0. The first-order valence-electron chi connectivity index (χ1n) is 11.7. The maximum Gasteiger partial charge on any atom is 0.260 e. The third-order valence-electron chi connectivity index (χ3n) is 6.12. The van der Waals surface area contributed by atoms with Gasteiger partial charge >= 0.3 is 0 Å². The average molecular weight is 491 g/mol. The molecule has 3 N–H and O–H groups in total. The van der Waals surface area contributed by atoms with E-state index in [1.807, 2.05) is 49.4 Å². The van der Waals surface area contributed by atoms with Gasteiger partial charge in [0.05, 0.1) is 18.3 Å². The van der Waals surface area contributed by atoms with Crippen LogP contribution >= 0.6 is 11.6 Å². The van der Waals surface area contributed by atoms with Crippen molar-refractivity contribution in [1.82, 2.24) is 19.5 Å². The molecule has 5 rings (SSSR count). The number of pyridine rings is 2. The molecule has 180 valence electrons. The van der Waals surface area contributed by atoms with Gasteiger partial charge in [-0.05, 0) is 50.6 Å². The zero-order valence-electron chi connectivity index (χ0n) is 19.5. The van der Waals surface area contributed by atoms with Crippen molar-refractivity contribution < 1.29 is 4.74 Å². The summed E-state index contributed by atoms with van der Waals surface area (Å²) < 4.78 is 7.10. The molecule has 4 heterocycles. The largest absolute Gasteiger partial charge is 0.379 e. The molecule has 0 saturated carbocycles. The maximum atomic E-state index is 13.6. The van der Waals surface area contributed by atoms with Crippen LogP contribution in [0.15, 0.2) is 53.5 Å². The van der Waals surface area contributed by atoms with E-state index in [0.29, 0.717) is 53.9 Å². The van der Waals surface area contributed by atoms with Crippen LogP contribution in [-0.4, -0.2) is 45.3 Å². The van der Waals surface area contributed by atoms with E-state index in [0.717, 1.165) is 35.4 Å². The smallest absolute Gasteiger partial charge is 0.260 e. The molecule has 1 aliphatic rings. The first-order chi connectivity index (χ1) is 17.0. The number of hydrogen-bond acceptors (Lipinski definition) is 7. The van der Waals surface area contributed by atoms with E-state index in [1.54, 1.807) is 10.8 Å². The summed E-state index contributed by atoms with van der Waals surface area (Å²) >= 11 is 6.70. The number of halogens is 1. The quantitative estimate of drug-likeness (QED) is 0.402. The summed E-state index contributed by atoms with van der Waals surface area (Å²) in [5.41, 5.74) is 9.97. The first kappa shape index (κ1) is 23.4. The predicted octanol–water partition coefficient (Wildman–Crippen LogP) is 4.03. The van der Waals surface area contributed by atoms with Gasteiger partial charge < -0.3 is 15.8 Å². The highest BCUT2D eigenvalue weighted by molar-refractivity contribution is 6.33. The Labute approximate surface area is 208 Å². The molecule has 0 radical (unpaired) electrons. The molecule has 4 aromatic rings. The van der Waals surface area contributed by atoms with Gasteiger partial charge in [0, 0.05) is 52.1 Å². The zero-order valence-corrected chi connectivity index (χ0v) is 20.3. The van der Waals surface area contributed by atoms with Crippen molar-refractivity contribution in [2.75, 3.05) is 25.1 Å². The fourth-order valence-corrected chi connectivity index (χ4v) is 4.59. The lowest BCUT2D eigenvalue weighted by Crippen LogP contribution is -2.25. The molecule has 0 unspecified atom stereocenters. The summed E-state index contributed by atoms with van der Waals surface area (Å²) in [5, 5.41) is 4.54. The van der Waals surface area contributed by atoms with Crippen LogP contribution in [0.4, 0.5) is 5.95 Å². The number of aryl methyl sites for hydroxylation is 2. The van der Waals surface area contributed by atoms with Crippen LogP contribution in [0.2, 0.25) is 5.02 Å². The Hall–Kier alpha value is -3.33. The van der Waals surface area contributed by atoms with Crippen molar-refractivity contribution in [3.63, 3.8) is 0 Å². The predicted molar refractivity (Wildman–Crippen MR) is 139 cm³/mol. The molecule has 1 atom stereocenters. The highest BCUT2D eigenvalue weighted by Crippen LogP contribution is 2.31. The number of aromatic nitrogens is 4. The van der Waals surface area contributed by atoms with Gasteiger partial charge in [0.1, 0.15) is 5.65 Å². The normalized spacial score (nSPS) is 15.6. The molecule has 1 aliphatic heterocycles. The number of nitrogens with zero attached hydrogens (tertiary/aromatic N) is 4. The zero-order chi connectivity index (χ0) is 24.4. The lowest BCUT2D eigenvalue weighted by atomic mass is 10.0. The Bertz CT molecular complexity index is 1430. The molecule has 0 aliphatic carbocycles. The molecular formula is C26H27ClN6O2. The number of rotatable bonds is 7. The Morgan fingerprint density at radius 2 is 2.09 bits per heavy atom. The van der Waals surface area contributed by atoms with E-state index in [4.69, 9.17) is 22.1 Å². The summed E-state index contributed by atoms with van der Waals surface area (Å²) in [6, 6.07) is 13.5. The molecule has 0 amide bonds. The molecule has 8 nitrogen and oxygen atoms in total. The first-order valence-corrected chi connectivity index (χ1v) is 12.1. The number of fused-ring (bicyclic) bond motifs is 1. The molecule has 35 heavy (non-hydrogen) atoms. The van der Waals surface area contributed by atoms with Crippen LogP contribution in [0.3, 0.4) is 0 Å². The van der Waals surface area contributed by atoms with Crippen LogP contribution in [-0.2, 0) is 11.3 Å². The van der Waals surface area contributed by atoms with E-state index in [2.05, 4.69) is 20.3 Å². The Morgan fingerprint density at radius 3 is 2.83 bits per heavy atom. The van der Waals surface area contributed by atoms with Gasteiger partial charge in [-0.15, -0.1) is 0 Å². The molecule has 0 bridgehead atoms. The second-order valence-corrected chi connectivity index (χ2v) is 9.10. The van der Waals surface area contributed by atoms with E-state index < -0.39 is 0 Å². The number of hydrogen-bond donors (Lipinski definition) is 2. The van der Waals surface area contributed by atoms with Gasteiger partial charge in [0.15, 0.2) is 0 Å². The van der Waals surface area contributed by atoms with Crippen molar-refractivity contribution >= 4 is 28.6 Å². The lowest BCUT2D eigenvalue weighted by molar-refractivity contribution is 0.195. The average Bonchev–Trinajstić information content (AvgIpc) is 3.36. The molecule has 1 saturated heterocycles. The van der Waals surface area contributed by atoms with E-state index in [9.17, 15) is 4.79 Å². The van der Waals surface area contributed by atoms with E-state index >= 15 is 0 Å². The second kappa shape index (κ2) is 10.1. The van der Waals surface area contributed by atoms with Gasteiger partial charge in [0.2, 0.25) is 5.95 Å². The fourth-order valence-electron chi connectivity index (χ4n) is 4.31. The lowest BCUT2D eigenvalue weighted by Gasteiger charge is -2.15. The number of nitrogens with one attached hydrogen (secondary N) is 1. The number of benzene rings is 1. The SMILES string of the molecule is Cc1cccc(-c2ccc(-c3cc4cnc(N[C@H]5CCOC5)nc4n(CCCN)c3=O)c(Cl)c2)n1. The van der Waals surface area contributed by atoms with Gasteiger partial charge in [-0.25, -0.2) is 4.98 Å². The Morgan fingerprint density at radius 1 is 1.20 bits per heavy atom. The van der Waals surface area contributed by atoms with E-state index in [1.165, 1.54) is 0 Å². The third-order valence-corrected chi connectivity index (χ3v) is 6.43. The van der Waals surface area contributed by atoms with Gasteiger partial charge in [-0.2, -0.15) is 4.98 Å². The van der Waals surface area contributed by atoms with Crippen LogP contribution in [0.25, 0.3) is 33.4 Å². The van der Waals surface area contributed by atoms with Crippen LogP contribution in [0, 0.1) is 6.92 Å². The molecule has 0 spiro atoms. The standard InChI is InChI=1S/C26H27ClN6O2/c1-16-4-2-5-23(30-16)17-6-7-20(22(27)13-17)21-12-18-14-29-26(31-19-8-11-35-15-19)32-24(18)33(25(21)34)10-3-9-28/h2,4-7,12-14,19H,3,8-11,15,28H2,1H3,(H,29,31,32)/t19-/m0/s1. The highest BCUT2D eigenvalue weighted by atomic mass is 35.5. The van der Waals surface area contributed by atoms with Crippen LogP contribution < -0.4 is 16.6 Å². The van der Waals surface area contributed by atoms with Gasteiger partial charge in [0.25, 0.3) is 5.56 Å². The van der Waals surface area contributed by atoms with Gasteiger partial charge in [-0.1, -0.05) is 29.8 Å². The van der Waals surface area contributed by atoms with Crippen LogP contribution in [0.1, 0.15) is 18.5 Å². The summed E-state index contributed by atoms with van der Waals surface area (Å²) in [5.74, 6) is 0.481. The fraction of sp³-hybridized carbons (Fsp3) is 0.308. The number of anilines is 1. The van der Waals surface area contributed by atoms with Crippen molar-refractivity contribution in [3.05, 3.63) is 69.7 Å². The highest BCUT2D eigenvalue weighted by Gasteiger charge is 2.19.